The molecule has 0 amide bonds. The lowest BCUT2D eigenvalue weighted by molar-refractivity contribution is -0.870. The van der Waals surface area contributed by atoms with Crippen molar-refractivity contribution in [1.29, 1.82) is 0 Å². The second-order valence-electron chi connectivity index (χ2n) is 9.63. The topological polar surface area (TPSA) is 175 Å². The molecular formula is C31H51NO9. The first-order chi connectivity index (χ1) is 19.3. The van der Waals surface area contributed by atoms with Gasteiger partial charge in [0.25, 0.3) is 0 Å². The molecule has 0 aromatic rings. The third-order valence-electron chi connectivity index (χ3n) is 4.69. The van der Waals surface area contributed by atoms with E-state index in [2.05, 4.69) is 88.8 Å². The van der Waals surface area contributed by atoms with Gasteiger partial charge < -0.3 is 39.9 Å². The molecule has 0 saturated heterocycles. The number of hydrogen-bond donors (Lipinski definition) is 5. The maximum atomic E-state index is 10.3. The molecule has 234 valence electrons. The number of carbonyl (C=O) groups excluding carboxylic acids is 1. The van der Waals surface area contributed by atoms with E-state index in [9.17, 15) is 19.5 Å². The minimum absolute atomic E-state index is 0.210. The summed E-state index contributed by atoms with van der Waals surface area (Å²) in [5.41, 5.74) is 0. The van der Waals surface area contributed by atoms with Gasteiger partial charge in [0, 0.05) is 6.42 Å². The van der Waals surface area contributed by atoms with E-state index >= 15 is 0 Å². The highest BCUT2D eigenvalue weighted by molar-refractivity contribution is 5.82. The number of allylic oxidation sites excluding steroid dienone is 12. The Labute approximate surface area is 245 Å². The Hall–Kier alpha value is -3.31. The standard InChI is InChI=1S/C22H32O2.C5H14NO.C4H6O6/c1-2-3-4-5-6-7-8-9-10-11-12-13-14-15-16-17-18-19-20-21-22(23)24;1-6(2,3)4-5-7;5-1(3(7)8)2(6)4(9)10/h3-4,6-7,9-10,12-13,15-16,18-19H,2,5,8,11,14,17,20-21H2,1H3,(H,23,24);7H,4-5H2,1-3H3;1-2,5-6H,(H,7,8)(H,9,10)/q;+1;/p-1/b4-3-,7-6-,10-9-,13-12-,16-15-,19-18-;;/t;;1-,2-/m..1/s1. The lowest BCUT2D eigenvalue weighted by Crippen LogP contribution is -2.46. The summed E-state index contributed by atoms with van der Waals surface area (Å²) < 4.78 is 0.844. The number of likely N-dealkylation sites (N-methyl/N-ethyl adjacent to an activating group) is 1. The molecule has 0 unspecified atom stereocenters. The minimum atomic E-state index is -2.38. The molecule has 0 spiro atoms. The van der Waals surface area contributed by atoms with E-state index < -0.39 is 30.1 Å². The predicted molar refractivity (Wildman–Crippen MR) is 160 cm³/mol. The van der Waals surface area contributed by atoms with Gasteiger partial charge in [0.05, 0.1) is 33.7 Å². The van der Waals surface area contributed by atoms with Crippen molar-refractivity contribution in [3.05, 3.63) is 72.9 Å². The SMILES string of the molecule is CC/C=C\C/C=C\C/C=C\C/C=C\C/C=C\C/C=C\CCC(=O)O.C[N+](C)(C)CCO.O=C([O-])[C@H](O)[C@@H](O)C(=O)O. The lowest BCUT2D eigenvalue weighted by atomic mass is 10.2. The molecule has 2 atom stereocenters. The lowest BCUT2D eigenvalue weighted by Gasteiger charge is -2.21. The summed E-state index contributed by atoms with van der Waals surface area (Å²) in [5, 5.41) is 51.0. The summed E-state index contributed by atoms with van der Waals surface area (Å²) in [5.74, 6) is -4.57. The van der Waals surface area contributed by atoms with E-state index in [-0.39, 0.29) is 13.0 Å². The van der Waals surface area contributed by atoms with Crippen LogP contribution >= 0.6 is 0 Å². The fourth-order valence-corrected chi connectivity index (χ4v) is 2.41. The molecule has 10 heteroatoms. The third kappa shape index (κ3) is 38.9. The van der Waals surface area contributed by atoms with Crippen LogP contribution in [0.25, 0.3) is 0 Å². The average molecular weight is 582 g/mol. The zero-order valence-corrected chi connectivity index (χ0v) is 25.0. The van der Waals surface area contributed by atoms with Gasteiger partial charge in [0.15, 0.2) is 6.10 Å². The number of rotatable bonds is 19. The highest BCUT2D eigenvalue weighted by Crippen LogP contribution is 1.97. The number of aliphatic hydroxyl groups excluding tert-OH is 3. The monoisotopic (exact) mass is 581 g/mol. The molecule has 0 aliphatic heterocycles. The summed E-state index contributed by atoms with van der Waals surface area (Å²) in [6.07, 6.45) is 27.7. The van der Waals surface area contributed by atoms with E-state index in [0.29, 0.717) is 6.42 Å². The first-order valence-electron chi connectivity index (χ1n) is 13.6. The summed E-state index contributed by atoms with van der Waals surface area (Å²) in [6, 6.07) is 0. The van der Waals surface area contributed by atoms with Crippen LogP contribution in [0, 0.1) is 0 Å². The normalized spacial score (nSPS) is 13.5. The Bertz CT molecular complexity index is 832. The molecule has 0 aromatic heterocycles. The Balaban J connectivity index is -0.000000691. The maximum absolute atomic E-state index is 10.3. The van der Waals surface area contributed by atoms with Crippen molar-refractivity contribution in [1.82, 2.24) is 0 Å². The van der Waals surface area contributed by atoms with E-state index in [1.807, 2.05) is 12.2 Å². The second-order valence-corrected chi connectivity index (χ2v) is 9.63. The highest BCUT2D eigenvalue weighted by atomic mass is 16.4. The molecular weight excluding hydrogens is 530 g/mol. The fourth-order valence-electron chi connectivity index (χ4n) is 2.41. The number of nitrogens with zero attached hydrogens (tertiary/aromatic N) is 1. The number of aliphatic carboxylic acids is 3. The number of aliphatic hydroxyl groups is 3. The van der Waals surface area contributed by atoms with Crippen molar-refractivity contribution in [2.45, 2.75) is 70.5 Å². The Morgan fingerprint density at radius 2 is 1.05 bits per heavy atom. The quantitative estimate of drug-likeness (QED) is 0.113. The molecule has 0 saturated carbocycles. The average Bonchev–Trinajstić information content (AvgIpc) is 2.89. The van der Waals surface area contributed by atoms with Crippen molar-refractivity contribution in [3.8, 4) is 0 Å². The molecule has 41 heavy (non-hydrogen) atoms. The predicted octanol–water partition coefficient (Wildman–Crippen LogP) is 2.78. The van der Waals surface area contributed by atoms with Crippen LogP contribution < -0.4 is 5.11 Å². The zero-order valence-electron chi connectivity index (χ0n) is 25.0. The molecule has 0 radical (unpaired) electrons. The molecule has 0 aliphatic rings. The van der Waals surface area contributed by atoms with E-state index in [1.165, 1.54) is 0 Å². The third-order valence-corrected chi connectivity index (χ3v) is 4.69. The number of carboxylic acids is 3. The van der Waals surface area contributed by atoms with Gasteiger partial charge in [-0.1, -0.05) is 79.8 Å². The Morgan fingerprint density at radius 1 is 0.683 bits per heavy atom. The minimum Gasteiger partial charge on any atom is -0.547 e. The molecule has 0 rings (SSSR count). The van der Waals surface area contributed by atoms with Crippen LogP contribution in [0.15, 0.2) is 72.9 Å². The van der Waals surface area contributed by atoms with E-state index in [0.717, 1.165) is 49.6 Å². The number of hydrogen-bond acceptors (Lipinski definition) is 7. The summed E-state index contributed by atoms with van der Waals surface area (Å²) in [6.45, 7) is 3.26. The van der Waals surface area contributed by atoms with Crippen LogP contribution in [0.1, 0.15) is 58.3 Å². The number of quaternary nitrogens is 1. The van der Waals surface area contributed by atoms with Gasteiger partial charge in [-0.2, -0.15) is 0 Å². The van der Waals surface area contributed by atoms with E-state index in [4.69, 9.17) is 25.5 Å². The van der Waals surface area contributed by atoms with Crippen LogP contribution in [0.3, 0.4) is 0 Å². The molecule has 0 bridgehead atoms. The first kappa shape index (κ1) is 42.2. The Morgan fingerprint density at radius 3 is 1.27 bits per heavy atom. The highest BCUT2D eigenvalue weighted by Gasteiger charge is 2.24. The van der Waals surface area contributed by atoms with Crippen LogP contribution in [0.5, 0.6) is 0 Å². The van der Waals surface area contributed by atoms with Crippen LogP contribution in [0.4, 0.5) is 0 Å². The smallest absolute Gasteiger partial charge is 0.335 e. The fraction of sp³-hybridized carbons (Fsp3) is 0.516. The summed E-state index contributed by atoms with van der Waals surface area (Å²) in [7, 11) is 6.16. The molecule has 0 aliphatic carbocycles. The number of carbonyl (C=O) groups is 3. The van der Waals surface area contributed by atoms with Crippen molar-refractivity contribution < 1.29 is 49.5 Å². The molecule has 10 nitrogen and oxygen atoms in total. The molecule has 5 N–H and O–H groups in total. The summed E-state index contributed by atoms with van der Waals surface area (Å²) >= 11 is 0. The first-order valence-corrected chi connectivity index (χ1v) is 13.6. The van der Waals surface area contributed by atoms with Crippen LogP contribution in [-0.4, -0.2) is 94.4 Å². The largest absolute Gasteiger partial charge is 0.547 e. The second kappa shape index (κ2) is 29.7. The molecule has 0 fully saturated rings. The van der Waals surface area contributed by atoms with Crippen molar-refractivity contribution in [3.63, 3.8) is 0 Å². The maximum Gasteiger partial charge on any atom is 0.335 e. The van der Waals surface area contributed by atoms with Crippen LogP contribution in [0.2, 0.25) is 0 Å². The summed E-state index contributed by atoms with van der Waals surface area (Å²) in [4.78, 5) is 29.7. The van der Waals surface area contributed by atoms with Crippen molar-refractivity contribution >= 4 is 17.9 Å². The van der Waals surface area contributed by atoms with Gasteiger partial charge in [-0.05, 0) is 44.9 Å². The van der Waals surface area contributed by atoms with Crippen molar-refractivity contribution in [2.24, 2.45) is 0 Å². The van der Waals surface area contributed by atoms with Gasteiger partial charge in [-0.3, -0.25) is 4.79 Å². The van der Waals surface area contributed by atoms with Gasteiger partial charge in [-0.25, -0.2) is 4.79 Å². The van der Waals surface area contributed by atoms with Crippen LogP contribution in [-0.2, 0) is 14.4 Å². The molecule has 0 heterocycles. The van der Waals surface area contributed by atoms with Gasteiger partial charge in [-0.15, -0.1) is 0 Å². The van der Waals surface area contributed by atoms with E-state index in [1.54, 1.807) is 0 Å². The Kier molecular flexibility index (Phi) is 30.5. The van der Waals surface area contributed by atoms with Gasteiger partial charge in [0.2, 0.25) is 0 Å². The van der Waals surface area contributed by atoms with Gasteiger partial charge >= 0.3 is 11.9 Å². The number of carboxylic acid groups (broad SMARTS) is 3. The van der Waals surface area contributed by atoms with Crippen molar-refractivity contribution in [2.75, 3.05) is 34.3 Å². The molecule has 0 aromatic carbocycles. The zero-order chi connectivity index (χ0) is 31.9. The van der Waals surface area contributed by atoms with Gasteiger partial charge in [0.1, 0.15) is 12.6 Å².